The van der Waals surface area contributed by atoms with Gasteiger partial charge in [0.2, 0.25) is 0 Å². The van der Waals surface area contributed by atoms with Crippen molar-refractivity contribution in [1.29, 1.82) is 0 Å². The largest absolute Gasteiger partial charge is 0.389 e. The number of hydrogen-bond acceptors (Lipinski definition) is 4. The summed E-state index contributed by atoms with van der Waals surface area (Å²) in [6, 6.07) is 7.77. The van der Waals surface area contributed by atoms with Gasteiger partial charge in [-0.3, -0.25) is 4.79 Å². The van der Waals surface area contributed by atoms with Crippen LogP contribution in [0.4, 0.5) is 5.69 Å². The van der Waals surface area contributed by atoms with Gasteiger partial charge in [-0.05, 0) is 18.2 Å². The Morgan fingerprint density at radius 3 is 2.71 bits per heavy atom. The Bertz CT molecular complexity index is 550. The highest BCUT2D eigenvalue weighted by Crippen LogP contribution is 2.33. The number of anilines is 1. The van der Waals surface area contributed by atoms with Crippen molar-refractivity contribution in [3.63, 3.8) is 0 Å². The monoisotopic (exact) mass is 287 g/mol. The Labute approximate surface area is 125 Å². The van der Waals surface area contributed by atoms with Crippen LogP contribution in [-0.2, 0) is 4.84 Å². The molecule has 0 radical (unpaired) electrons. The van der Waals surface area contributed by atoms with E-state index in [0.717, 1.165) is 43.6 Å². The molecule has 0 aliphatic carbocycles. The van der Waals surface area contributed by atoms with E-state index in [9.17, 15) is 4.79 Å². The quantitative estimate of drug-likeness (QED) is 0.837. The van der Waals surface area contributed by atoms with Crippen LogP contribution in [0, 0.1) is 0 Å². The minimum Gasteiger partial charge on any atom is -0.389 e. The summed E-state index contributed by atoms with van der Waals surface area (Å²) < 4.78 is 0. The van der Waals surface area contributed by atoms with Crippen LogP contribution in [-0.4, -0.2) is 49.8 Å². The van der Waals surface area contributed by atoms with Gasteiger partial charge in [-0.2, -0.15) is 0 Å². The molecule has 1 fully saturated rings. The fourth-order valence-electron chi connectivity index (χ4n) is 2.90. The van der Waals surface area contributed by atoms with Crippen molar-refractivity contribution >= 4 is 17.8 Å². The maximum Gasteiger partial charge on any atom is 0.253 e. The molecule has 0 bridgehead atoms. The Kier molecular flexibility index (Phi) is 3.57. The fourth-order valence-corrected chi connectivity index (χ4v) is 2.90. The Hall–Kier alpha value is -2.04. The topological polar surface area (TPSA) is 45.1 Å². The first-order chi connectivity index (χ1) is 10.1. The van der Waals surface area contributed by atoms with Gasteiger partial charge in [-0.1, -0.05) is 11.2 Å². The average Bonchev–Trinajstić information content (AvgIpc) is 2.96. The lowest BCUT2D eigenvalue weighted by molar-refractivity contribution is -0.0568. The van der Waals surface area contributed by atoms with E-state index in [0.29, 0.717) is 0 Å². The van der Waals surface area contributed by atoms with Crippen LogP contribution >= 0.6 is 0 Å². The van der Waals surface area contributed by atoms with Gasteiger partial charge in [0.1, 0.15) is 5.60 Å². The second-order valence-corrected chi connectivity index (χ2v) is 6.00. The zero-order valence-electron chi connectivity index (χ0n) is 12.6. The summed E-state index contributed by atoms with van der Waals surface area (Å²) in [5.41, 5.74) is 1.64. The van der Waals surface area contributed by atoms with Crippen LogP contribution < -0.4 is 4.90 Å². The molecule has 0 aromatic heterocycles. The van der Waals surface area contributed by atoms with Crippen molar-refractivity contribution < 1.29 is 9.63 Å². The summed E-state index contributed by atoms with van der Waals surface area (Å²) in [6.07, 6.45) is 4.40. The summed E-state index contributed by atoms with van der Waals surface area (Å²) in [4.78, 5) is 22.0. The molecular formula is C16H21N3O2. The first-order valence-electron chi connectivity index (χ1n) is 7.36. The Morgan fingerprint density at radius 1 is 1.33 bits per heavy atom. The molecule has 5 heteroatoms. The van der Waals surface area contributed by atoms with Gasteiger partial charge in [0.15, 0.2) is 0 Å². The Balaban J connectivity index is 1.68. The number of piperidine rings is 1. The highest BCUT2D eigenvalue weighted by molar-refractivity contribution is 5.95. The van der Waals surface area contributed by atoms with Gasteiger partial charge in [0.25, 0.3) is 5.91 Å². The van der Waals surface area contributed by atoms with Gasteiger partial charge in [-0.25, -0.2) is 0 Å². The SMILES string of the molecule is CN(C)c1cccc(C(=O)N2CCC3(CC=NO3)CC2)c1. The molecule has 2 aliphatic heterocycles. The lowest BCUT2D eigenvalue weighted by Crippen LogP contribution is -2.46. The van der Waals surface area contributed by atoms with Crippen molar-refractivity contribution in [2.45, 2.75) is 24.9 Å². The van der Waals surface area contributed by atoms with Crippen molar-refractivity contribution in [3.05, 3.63) is 29.8 Å². The van der Waals surface area contributed by atoms with E-state index in [2.05, 4.69) is 5.16 Å². The molecule has 1 amide bonds. The number of hydrogen-bond donors (Lipinski definition) is 0. The number of rotatable bonds is 2. The zero-order valence-corrected chi connectivity index (χ0v) is 12.6. The first kappa shape index (κ1) is 13.9. The number of likely N-dealkylation sites (tertiary alicyclic amines) is 1. The second kappa shape index (κ2) is 5.39. The third-order valence-corrected chi connectivity index (χ3v) is 4.36. The first-order valence-corrected chi connectivity index (χ1v) is 7.36. The van der Waals surface area contributed by atoms with Crippen LogP contribution in [0.15, 0.2) is 29.4 Å². The molecule has 112 valence electrons. The van der Waals surface area contributed by atoms with E-state index < -0.39 is 0 Å². The molecule has 0 N–H and O–H groups in total. The molecule has 0 atom stereocenters. The molecule has 1 aromatic carbocycles. The summed E-state index contributed by atoms with van der Waals surface area (Å²) in [7, 11) is 3.96. The predicted molar refractivity (Wildman–Crippen MR) is 82.8 cm³/mol. The van der Waals surface area contributed by atoms with Crippen LogP contribution in [0.2, 0.25) is 0 Å². The molecule has 1 saturated heterocycles. The highest BCUT2D eigenvalue weighted by atomic mass is 16.7. The minimum absolute atomic E-state index is 0.104. The van der Waals surface area contributed by atoms with Crippen LogP contribution in [0.5, 0.6) is 0 Å². The van der Waals surface area contributed by atoms with Crippen molar-refractivity contribution in [2.24, 2.45) is 5.16 Å². The zero-order chi connectivity index (χ0) is 14.9. The molecule has 1 aromatic rings. The molecule has 5 nitrogen and oxygen atoms in total. The third-order valence-electron chi connectivity index (χ3n) is 4.36. The fraction of sp³-hybridized carbons (Fsp3) is 0.500. The lowest BCUT2D eigenvalue weighted by atomic mass is 9.89. The molecular weight excluding hydrogens is 266 g/mol. The van der Waals surface area contributed by atoms with Gasteiger partial charge in [0, 0.05) is 63.9 Å². The number of carbonyl (C=O) groups is 1. The Morgan fingerprint density at radius 2 is 2.10 bits per heavy atom. The highest BCUT2D eigenvalue weighted by Gasteiger charge is 2.40. The minimum atomic E-state index is -0.151. The van der Waals surface area contributed by atoms with Gasteiger partial charge in [-0.15, -0.1) is 0 Å². The van der Waals surface area contributed by atoms with E-state index in [-0.39, 0.29) is 11.5 Å². The van der Waals surface area contributed by atoms with Gasteiger partial charge in [0.05, 0.1) is 0 Å². The van der Waals surface area contributed by atoms with E-state index in [1.54, 1.807) is 0 Å². The van der Waals surface area contributed by atoms with E-state index in [4.69, 9.17) is 4.84 Å². The second-order valence-electron chi connectivity index (χ2n) is 6.00. The number of benzene rings is 1. The van der Waals surface area contributed by atoms with E-state index >= 15 is 0 Å². The average molecular weight is 287 g/mol. The van der Waals surface area contributed by atoms with Crippen LogP contribution in [0.1, 0.15) is 29.6 Å². The molecule has 1 spiro atoms. The van der Waals surface area contributed by atoms with Gasteiger partial charge >= 0.3 is 0 Å². The van der Waals surface area contributed by atoms with Gasteiger partial charge < -0.3 is 14.6 Å². The third kappa shape index (κ3) is 2.73. The summed E-state index contributed by atoms with van der Waals surface area (Å²) in [5.74, 6) is 0.104. The maximum atomic E-state index is 12.6. The smallest absolute Gasteiger partial charge is 0.253 e. The molecule has 21 heavy (non-hydrogen) atoms. The predicted octanol–water partition coefficient (Wildman–Crippen LogP) is 2.13. The molecule has 3 rings (SSSR count). The lowest BCUT2D eigenvalue weighted by Gasteiger charge is -2.37. The van der Waals surface area contributed by atoms with Crippen molar-refractivity contribution in [2.75, 3.05) is 32.1 Å². The summed E-state index contributed by atoms with van der Waals surface area (Å²) in [5, 5.41) is 3.89. The molecule has 2 aliphatic rings. The van der Waals surface area contributed by atoms with Crippen LogP contribution in [0.3, 0.4) is 0 Å². The molecule has 2 heterocycles. The van der Waals surface area contributed by atoms with Crippen LogP contribution in [0.25, 0.3) is 0 Å². The number of oxime groups is 1. The number of nitrogens with zero attached hydrogens (tertiary/aromatic N) is 3. The van der Waals surface area contributed by atoms with Crippen molar-refractivity contribution in [1.82, 2.24) is 4.90 Å². The van der Waals surface area contributed by atoms with Crippen molar-refractivity contribution in [3.8, 4) is 0 Å². The molecule has 0 unspecified atom stereocenters. The number of amides is 1. The summed E-state index contributed by atoms with van der Waals surface area (Å²) in [6.45, 7) is 1.46. The molecule has 0 saturated carbocycles. The standard InChI is InChI=1S/C16H21N3O2/c1-18(2)14-5-3-4-13(12-14)15(20)19-10-7-16(8-11-19)6-9-17-21-16/h3-5,9,12H,6-8,10-11H2,1-2H3. The number of carbonyl (C=O) groups excluding carboxylic acids is 1. The van der Waals surface area contributed by atoms with E-state index in [1.165, 1.54) is 0 Å². The maximum absolute atomic E-state index is 12.6. The summed E-state index contributed by atoms with van der Waals surface area (Å²) >= 11 is 0. The van der Waals surface area contributed by atoms with E-state index in [1.807, 2.05) is 54.4 Å². The normalized spacial score (nSPS) is 19.6.